The maximum Gasteiger partial charge on any atom is 0.331 e. The minimum absolute atomic E-state index is 0.0132. The average molecular weight is 267 g/mol. The topological polar surface area (TPSA) is 87.1 Å². The zero-order valence-electron chi connectivity index (χ0n) is 10.3. The number of hydrogen-bond acceptors (Lipinski definition) is 4. The van der Waals surface area contributed by atoms with Crippen LogP contribution in [0.25, 0.3) is 10.2 Å². The summed E-state index contributed by atoms with van der Waals surface area (Å²) in [4.78, 5) is 36.4. The minimum Gasteiger partial charge on any atom is -0.369 e. The van der Waals surface area contributed by atoms with E-state index in [9.17, 15) is 14.4 Å². The van der Waals surface area contributed by atoms with Crippen LogP contribution in [0.1, 0.15) is 10.4 Å². The smallest absolute Gasteiger partial charge is 0.331 e. The van der Waals surface area contributed by atoms with Gasteiger partial charge in [0.25, 0.3) is 5.56 Å². The molecule has 0 radical (unpaired) electrons. The summed E-state index contributed by atoms with van der Waals surface area (Å²) in [5.41, 5.74) is 5.06. The number of aromatic nitrogens is 2. The standard InChI is InChI=1S/C11H13N3O3S/c1-5-6(4-7(12)15)8-9(16)13(2)11(17)14(3)10(8)18-5/h4H2,1-3H3,(H2,12,15). The van der Waals surface area contributed by atoms with Gasteiger partial charge in [-0.05, 0) is 12.5 Å². The molecule has 0 aliphatic rings. The van der Waals surface area contributed by atoms with Crippen LogP contribution in [0, 0.1) is 6.92 Å². The van der Waals surface area contributed by atoms with Crippen molar-refractivity contribution in [2.24, 2.45) is 19.8 Å². The molecular formula is C11H13N3O3S. The molecule has 0 spiro atoms. The second kappa shape index (κ2) is 4.09. The van der Waals surface area contributed by atoms with Gasteiger partial charge < -0.3 is 5.73 Å². The number of aryl methyl sites for hydroxylation is 2. The van der Waals surface area contributed by atoms with Gasteiger partial charge in [0, 0.05) is 19.0 Å². The van der Waals surface area contributed by atoms with Gasteiger partial charge in [-0.25, -0.2) is 4.79 Å². The van der Waals surface area contributed by atoms with Gasteiger partial charge in [-0.2, -0.15) is 0 Å². The summed E-state index contributed by atoms with van der Waals surface area (Å²) in [6.07, 6.45) is 0.0132. The fourth-order valence-electron chi connectivity index (χ4n) is 1.97. The number of fused-ring (bicyclic) bond motifs is 1. The molecule has 0 aliphatic heterocycles. The van der Waals surface area contributed by atoms with Crippen LogP contribution in [0.4, 0.5) is 0 Å². The van der Waals surface area contributed by atoms with E-state index in [0.717, 1.165) is 9.44 Å². The molecule has 0 aromatic carbocycles. The van der Waals surface area contributed by atoms with Gasteiger partial charge in [0.05, 0.1) is 11.8 Å². The van der Waals surface area contributed by atoms with Crippen molar-refractivity contribution in [3.8, 4) is 0 Å². The van der Waals surface area contributed by atoms with Gasteiger partial charge >= 0.3 is 5.69 Å². The van der Waals surface area contributed by atoms with E-state index in [0.29, 0.717) is 15.8 Å². The number of nitrogens with two attached hydrogens (primary N) is 1. The normalized spacial score (nSPS) is 11.1. The molecule has 0 fully saturated rings. The molecule has 2 heterocycles. The van der Waals surface area contributed by atoms with Crippen LogP contribution in [0.5, 0.6) is 0 Å². The van der Waals surface area contributed by atoms with Crippen LogP contribution in [0.2, 0.25) is 0 Å². The Balaban J connectivity index is 2.99. The highest BCUT2D eigenvalue weighted by atomic mass is 32.1. The molecule has 96 valence electrons. The van der Waals surface area contributed by atoms with Crippen molar-refractivity contribution in [3.05, 3.63) is 31.3 Å². The Bertz CT molecular complexity index is 766. The van der Waals surface area contributed by atoms with Crippen LogP contribution >= 0.6 is 11.3 Å². The summed E-state index contributed by atoms with van der Waals surface area (Å²) in [5, 5.41) is 0.418. The third kappa shape index (κ3) is 1.67. The number of nitrogens with zero attached hydrogens (tertiary/aromatic N) is 2. The quantitative estimate of drug-likeness (QED) is 0.805. The van der Waals surface area contributed by atoms with Crippen LogP contribution in [-0.2, 0) is 25.3 Å². The Morgan fingerprint density at radius 1 is 1.28 bits per heavy atom. The minimum atomic E-state index is -0.492. The Morgan fingerprint density at radius 2 is 1.89 bits per heavy atom. The van der Waals surface area contributed by atoms with Crippen molar-refractivity contribution in [2.75, 3.05) is 0 Å². The molecule has 0 atom stereocenters. The van der Waals surface area contributed by atoms with Crippen molar-refractivity contribution in [3.63, 3.8) is 0 Å². The molecule has 7 heteroatoms. The lowest BCUT2D eigenvalue weighted by molar-refractivity contribution is -0.117. The predicted octanol–water partition coefficient (Wildman–Crippen LogP) is -0.365. The molecule has 18 heavy (non-hydrogen) atoms. The molecule has 2 rings (SSSR count). The van der Waals surface area contributed by atoms with E-state index >= 15 is 0 Å². The number of hydrogen-bond donors (Lipinski definition) is 1. The molecule has 0 bridgehead atoms. The van der Waals surface area contributed by atoms with Gasteiger partial charge in [-0.1, -0.05) is 0 Å². The lowest BCUT2D eigenvalue weighted by atomic mass is 10.1. The molecule has 2 aromatic rings. The number of carbonyl (C=O) groups is 1. The Kier molecular flexibility index (Phi) is 2.86. The zero-order valence-corrected chi connectivity index (χ0v) is 11.1. The van der Waals surface area contributed by atoms with E-state index in [4.69, 9.17) is 5.73 Å². The maximum atomic E-state index is 12.1. The first kappa shape index (κ1) is 12.6. The second-order valence-electron chi connectivity index (χ2n) is 4.17. The summed E-state index contributed by atoms with van der Waals surface area (Å²) in [5.74, 6) is -0.492. The molecule has 0 aliphatic carbocycles. The summed E-state index contributed by atoms with van der Waals surface area (Å²) < 4.78 is 2.46. The van der Waals surface area contributed by atoms with Crippen LogP contribution in [0.15, 0.2) is 9.59 Å². The molecule has 0 saturated carbocycles. The van der Waals surface area contributed by atoms with Crippen LogP contribution in [0.3, 0.4) is 0 Å². The first-order chi connectivity index (χ1) is 8.34. The van der Waals surface area contributed by atoms with Crippen LogP contribution in [-0.4, -0.2) is 15.0 Å². The average Bonchev–Trinajstić information content (AvgIpc) is 2.61. The van der Waals surface area contributed by atoms with E-state index < -0.39 is 5.91 Å². The summed E-state index contributed by atoms with van der Waals surface area (Å²) >= 11 is 1.33. The van der Waals surface area contributed by atoms with Crippen molar-refractivity contribution < 1.29 is 4.79 Å². The largest absolute Gasteiger partial charge is 0.369 e. The van der Waals surface area contributed by atoms with E-state index in [-0.39, 0.29) is 17.7 Å². The number of carbonyl (C=O) groups excluding carboxylic acids is 1. The summed E-state index contributed by atoms with van der Waals surface area (Å²) in [6.45, 7) is 1.81. The third-order valence-corrected chi connectivity index (χ3v) is 4.16. The van der Waals surface area contributed by atoms with Crippen molar-refractivity contribution in [1.82, 2.24) is 9.13 Å². The van der Waals surface area contributed by atoms with Crippen LogP contribution < -0.4 is 17.0 Å². The van der Waals surface area contributed by atoms with E-state index in [1.165, 1.54) is 23.0 Å². The summed E-state index contributed by atoms with van der Waals surface area (Å²) in [6, 6.07) is 0. The number of thiophene rings is 1. The maximum absolute atomic E-state index is 12.1. The van der Waals surface area contributed by atoms with Gasteiger partial charge in [0.1, 0.15) is 4.83 Å². The highest BCUT2D eigenvalue weighted by Gasteiger charge is 2.18. The molecule has 6 nitrogen and oxygen atoms in total. The van der Waals surface area contributed by atoms with Gasteiger partial charge in [-0.15, -0.1) is 11.3 Å². The monoisotopic (exact) mass is 267 g/mol. The Labute approximate surface area is 106 Å². The second-order valence-corrected chi connectivity index (χ2v) is 5.37. The lowest BCUT2D eigenvalue weighted by Gasteiger charge is -2.04. The van der Waals surface area contributed by atoms with Crippen molar-refractivity contribution in [1.29, 1.82) is 0 Å². The molecule has 0 saturated heterocycles. The molecule has 0 unspecified atom stereocenters. The Morgan fingerprint density at radius 3 is 2.44 bits per heavy atom. The number of primary amides is 1. The van der Waals surface area contributed by atoms with E-state index in [2.05, 4.69) is 0 Å². The molecule has 2 N–H and O–H groups in total. The fraction of sp³-hybridized carbons (Fsp3) is 0.364. The van der Waals surface area contributed by atoms with Gasteiger partial charge in [-0.3, -0.25) is 18.7 Å². The lowest BCUT2D eigenvalue weighted by Crippen LogP contribution is -2.36. The Hall–Kier alpha value is -1.89. The van der Waals surface area contributed by atoms with E-state index in [1.54, 1.807) is 7.05 Å². The predicted molar refractivity (Wildman–Crippen MR) is 69.9 cm³/mol. The summed E-state index contributed by atoms with van der Waals surface area (Å²) in [7, 11) is 3.03. The van der Waals surface area contributed by atoms with Gasteiger partial charge in [0.2, 0.25) is 5.91 Å². The first-order valence-electron chi connectivity index (χ1n) is 5.31. The third-order valence-electron chi connectivity index (χ3n) is 2.94. The zero-order chi connectivity index (χ0) is 13.6. The molecular weight excluding hydrogens is 254 g/mol. The highest BCUT2D eigenvalue weighted by Crippen LogP contribution is 2.27. The molecule has 2 aromatic heterocycles. The molecule has 1 amide bonds. The number of amides is 1. The van der Waals surface area contributed by atoms with E-state index in [1.807, 2.05) is 6.92 Å². The SMILES string of the molecule is Cc1sc2c(c1CC(N)=O)c(=O)n(C)c(=O)n2C. The van der Waals surface area contributed by atoms with Gasteiger partial charge in [0.15, 0.2) is 0 Å². The van der Waals surface area contributed by atoms with Crippen molar-refractivity contribution in [2.45, 2.75) is 13.3 Å². The highest BCUT2D eigenvalue weighted by molar-refractivity contribution is 7.18. The fourth-order valence-corrected chi connectivity index (χ4v) is 3.09. The van der Waals surface area contributed by atoms with Crippen molar-refractivity contribution >= 4 is 27.5 Å². The number of rotatable bonds is 2. The first-order valence-corrected chi connectivity index (χ1v) is 6.12.